The second-order valence-electron chi connectivity index (χ2n) is 8.48. The zero-order valence-corrected chi connectivity index (χ0v) is 21.1. The standard InChI is InChI=1S/C25H30BrClN2O3/c1-16-11-22(12-17(2)24(16)27)32-15-23(30)29(14-19-7-6-8-20(26)13-19)18(3)25(31)28-21-9-4-5-10-21/h6-8,11-13,18,21H,4-5,9-10,14-15H2,1-3H3,(H,28,31). The maximum Gasteiger partial charge on any atom is 0.261 e. The fraction of sp³-hybridized carbons (Fsp3) is 0.440. The summed E-state index contributed by atoms with van der Waals surface area (Å²) in [6.07, 6.45) is 4.26. The van der Waals surface area contributed by atoms with Crippen LogP contribution in [0.5, 0.6) is 5.75 Å². The predicted molar refractivity (Wildman–Crippen MR) is 131 cm³/mol. The zero-order chi connectivity index (χ0) is 23.3. The van der Waals surface area contributed by atoms with Gasteiger partial charge in [-0.25, -0.2) is 0 Å². The molecule has 1 aliphatic rings. The van der Waals surface area contributed by atoms with E-state index in [2.05, 4.69) is 21.2 Å². The largest absolute Gasteiger partial charge is 0.484 e. The molecule has 0 aliphatic heterocycles. The molecule has 1 unspecified atom stereocenters. The van der Waals surface area contributed by atoms with Gasteiger partial charge in [0.2, 0.25) is 5.91 Å². The number of carbonyl (C=O) groups is 2. The first-order valence-electron chi connectivity index (χ1n) is 11.0. The van der Waals surface area contributed by atoms with Gasteiger partial charge in [-0.15, -0.1) is 0 Å². The van der Waals surface area contributed by atoms with Crippen LogP contribution in [0.3, 0.4) is 0 Å². The van der Waals surface area contributed by atoms with Crippen molar-refractivity contribution < 1.29 is 14.3 Å². The number of amides is 2. The normalized spacial score (nSPS) is 14.8. The van der Waals surface area contributed by atoms with Gasteiger partial charge in [0.15, 0.2) is 6.61 Å². The van der Waals surface area contributed by atoms with E-state index in [1.807, 2.05) is 50.2 Å². The Bertz CT molecular complexity index is 952. The molecule has 0 saturated heterocycles. The summed E-state index contributed by atoms with van der Waals surface area (Å²) in [4.78, 5) is 27.7. The Balaban J connectivity index is 1.74. The average molecular weight is 522 g/mol. The third-order valence-corrected chi connectivity index (χ3v) is 6.97. The third-order valence-electron chi connectivity index (χ3n) is 5.88. The van der Waals surface area contributed by atoms with Gasteiger partial charge in [-0.3, -0.25) is 9.59 Å². The first-order chi connectivity index (χ1) is 15.2. The molecule has 1 saturated carbocycles. The number of rotatable bonds is 8. The van der Waals surface area contributed by atoms with Crippen molar-refractivity contribution in [2.24, 2.45) is 0 Å². The minimum Gasteiger partial charge on any atom is -0.484 e. The van der Waals surface area contributed by atoms with Gasteiger partial charge in [-0.1, -0.05) is 52.5 Å². The van der Waals surface area contributed by atoms with E-state index in [1.165, 1.54) is 0 Å². The molecule has 0 spiro atoms. The Hall–Kier alpha value is -2.05. The summed E-state index contributed by atoms with van der Waals surface area (Å²) in [6, 6.07) is 11.0. The van der Waals surface area contributed by atoms with Crippen LogP contribution in [0.15, 0.2) is 40.9 Å². The Kier molecular flexibility index (Phi) is 8.60. The van der Waals surface area contributed by atoms with E-state index in [0.717, 1.165) is 46.8 Å². The van der Waals surface area contributed by atoms with Gasteiger partial charge in [0.05, 0.1) is 0 Å². The molecule has 0 heterocycles. The molecule has 1 atom stereocenters. The van der Waals surface area contributed by atoms with E-state index in [9.17, 15) is 9.59 Å². The third kappa shape index (κ3) is 6.48. The van der Waals surface area contributed by atoms with Gasteiger partial charge >= 0.3 is 0 Å². The maximum atomic E-state index is 13.2. The molecular weight excluding hydrogens is 492 g/mol. The lowest BCUT2D eigenvalue weighted by Crippen LogP contribution is -2.50. The highest BCUT2D eigenvalue weighted by Crippen LogP contribution is 2.26. The molecule has 7 heteroatoms. The number of ether oxygens (including phenoxy) is 1. The van der Waals surface area contributed by atoms with Gasteiger partial charge in [-0.05, 0) is 74.6 Å². The molecule has 0 bridgehead atoms. The number of nitrogens with zero attached hydrogens (tertiary/aromatic N) is 1. The molecule has 2 aromatic rings. The van der Waals surface area contributed by atoms with Crippen LogP contribution in [0.25, 0.3) is 0 Å². The van der Waals surface area contributed by atoms with Gasteiger partial charge in [0.1, 0.15) is 11.8 Å². The summed E-state index contributed by atoms with van der Waals surface area (Å²) in [7, 11) is 0. The van der Waals surface area contributed by atoms with Crippen LogP contribution in [-0.2, 0) is 16.1 Å². The first-order valence-corrected chi connectivity index (χ1v) is 12.2. The van der Waals surface area contributed by atoms with E-state index < -0.39 is 6.04 Å². The molecule has 3 rings (SSSR count). The summed E-state index contributed by atoms with van der Waals surface area (Å²) >= 11 is 9.71. The van der Waals surface area contributed by atoms with Gasteiger partial charge in [0, 0.05) is 22.1 Å². The van der Waals surface area contributed by atoms with Crippen LogP contribution in [0.1, 0.15) is 49.3 Å². The number of benzene rings is 2. The summed E-state index contributed by atoms with van der Waals surface area (Å²) in [6.45, 7) is 5.74. The SMILES string of the molecule is Cc1cc(OCC(=O)N(Cc2cccc(Br)c2)C(C)C(=O)NC2CCCC2)cc(C)c1Cl. The number of hydrogen-bond donors (Lipinski definition) is 1. The number of carbonyl (C=O) groups excluding carboxylic acids is 2. The van der Waals surface area contributed by atoms with Gasteiger partial charge in [-0.2, -0.15) is 0 Å². The molecule has 0 aromatic heterocycles. The lowest BCUT2D eigenvalue weighted by atomic mass is 10.1. The van der Waals surface area contributed by atoms with Crippen molar-refractivity contribution in [1.29, 1.82) is 0 Å². The molecular formula is C25H30BrClN2O3. The second kappa shape index (κ2) is 11.2. The van der Waals surface area contributed by atoms with Crippen LogP contribution in [-0.4, -0.2) is 35.4 Å². The Morgan fingerprint density at radius 1 is 1.19 bits per heavy atom. The van der Waals surface area contributed by atoms with Crippen molar-refractivity contribution in [3.8, 4) is 5.75 Å². The van der Waals surface area contributed by atoms with Crippen molar-refractivity contribution in [1.82, 2.24) is 10.2 Å². The lowest BCUT2D eigenvalue weighted by molar-refractivity contribution is -0.142. The van der Waals surface area contributed by atoms with Crippen LogP contribution in [0.2, 0.25) is 5.02 Å². The highest BCUT2D eigenvalue weighted by molar-refractivity contribution is 9.10. The fourth-order valence-corrected chi connectivity index (χ4v) is 4.58. The quantitative estimate of drug-likeness (QED) is 0.494. The Morgan fingerprint density at radius 2 is 1.84 bits per heavy atom. The van der Waals surface area contributed by atoms with Crippen molar-refractivity contribution in [2.45, 2.75) is 65.1 Å². The Morgan fingerprint density at radius 3 is 2.47 bits per heavy atom. The summed E-state index contributed by atoms with van der Waals surface area (Å²) < 4.78 is 6.72. The Labute approximate surface area is 203 Å². The molecule has 172 valence electrons. The molecule has 1 fully saturated rings. The second-order valence-corrected chi connectivity index (χ2v) is 9.77. The number of hydrogen-bond acceptors (Lipinski definition) is 3. The van der Waals surface area contributed by atoms with Crippen LogP contribution >= 0.6 is 27.5 Å². The molecule has 2 amide bonds. The van der Waals surface area contributed by atoms with Crippen LogP contribution in [0, 0.1) is 13.8 Å². The molecule has 1 aliphatic carbocycles. The van der Waals surface area contributed by atoms with Crippen LogP contribution in [0.4, 0.5) is 0 Å². The molecule has 1 N–H and O–H groups in total. The van der Waals surface area contributed by atoms with Crippen LogP contribution < -0.4 is 10.1 Å². The van der Waals surface area contributed by atoms with Crippen molar-refractivity contribution in [3.05, 3.63) is 62.6 Å². The van der Waals surface area contributed by atoms with Gasteiger partial charge in [0.25, 0.3) is 5.91 Å². The van der Waals surface area contributed by atoms with Crippen molar-refractivity contribution >= 4 is 39.3 Å². The highest BCUT2D eigenvalue weighted by atomic mass is 79.9. The smallest absolute Gasteiger partial charge is 0.261 e. The molecule has 32 heavy (non-hydrogen) atoms. The topological polar surface area (TPSA) is 58.6 Å². The monoisotopic (exact) mass is 520 g/mol. The van der Waals surface area contributed by atoms with E-state index >= 15 is 0 Å². The van der Waals surface area contributed by atoms with E-state index in [1.54, 1.807) is 11.8 Å². The van der Waals surface area contributed by atoms with E-state index in [-0.39, 0.29) is 24.5 Å². The molecule has 2 aromatic carbocycles. The van der Waals surface area contributed by atoms with E-state index in [4.69, 9.17) is 16.3 Å². The fourth-order valence-electron chi connectivity index (χ4n) is 4.02. The first kappa shape index (κ1) is 24.6. The summed E-state index contributed by atoms with van der Waals surface area (Å²) in [5, 5.41) is 3.80. The predicted octanol–water partition coefficient (Wildman–Crippen LogP) is 5.57. The minimum atomic E-state index is -0.612. The zero-order valence-electron chi connectivity index (χ0n) is 18.8. The minimum absolute atomic E-state index is 0.126. The highest BCUT2D eigenvalue weighted by Gasteiger charge is 2.28. The lowest BCUT2D eigenvalue weighted by Gasteiger charge is -2.29. The summed E-state index contributed by atoms with van der Waals surface area (Å²) in [5.74, 6) is 0.214. The average Bonchev–Trinajstić information content (AvgIpc) is 3.26. The molecule has 0 radical (unpaired) electrons. The van der Waals surface area contributed by atoms with Crippen molar-refractivity contribution in [2.75, 3.05) is 6.61 Å². The number of halogens is 2. The number of aryl methyl sites for hydroxylation is 2. The summed E-state index contributed by atoms with van der Waals surface area (Å²) in [5.41, 5.74) is 2.72. The van der Waals surface area contributed by atoms with Crippen molar-refractivity contribution in [3.63, 3.8) is 0 Å². The van der Waals surface area contributed by atoms with E-state index in [0.29, 0.717) is 17.3 Å². The maximum absolute atomic E-state index is 13.2. The van der Waals surface area contributed by atoms with Gasteiger partial charge < -0.3 is 15.0 Å². The molecule has 5 nitrogen and oxygen atoms in total. The number of nitrogens with one attached hydrogen (secondary N) is 1.